The molecule has 0 bridgehead atoms. The van der Waals surface area contributed by atoms with Crippen LogP contribution < -0.4 is 0 Å². The van der Waals surface area contributed by atoms with Crippen LogP contribution in [0.1, 0.15) is 82.3 Å². The van der Waals surface area contributed by atoms with Gasteiger partial charge in [0.1, 0.15) is 0 Å². The first kappa shape index (κ1) is 18.4. The van der Waals surface area contributed by atoms with Crippen LogP contribution in [0, 0.1) is 0 Å². The predicted molar refractivity (Wildman–Crippen MR) is 100 cm³/mol. The van der Waals surface area contributed by atoms with Crippen molar-refractivity contribution in [2.45, 2.75) is 82.3 Å². The largest absolute Gasteiger partial charge is 0.387 e. The zero-order valence-corrected chi connectivity index (χ0v) is 16.4. The van der Waals surface area contributed by atoms with Crippen LogP contribution in [0.3, 0.4) is 0 Å². The maximum absolute atomic E-state index is 11.4. The average molecular weight is 363 g/mol. The molecule has 0 spiro atoms. The number of nitrogens with zero attached hydrogens (tertiary/aromatic N) is 4. The van der Waals surface area contributed by atoms with Gasteiger partial charge < -0.3 is 14.5 Å². The minimum atomic E-state index is -0.527. The maximum atomic E-state index is 11.4. The van der Waals surface area contributed by atoms with Crippen LogP contribution in [-0.4, -0.2) is 69.4 Å². The molecule has 3 aliphatic rings. The number of hydrogen-bond acceptors (Lipinski definition) is 6. The van der Waals surface area contributed by atoms with Gasteiger partial charge >= 0.3 is 0 Å². The van der Waals surface area contributed by atoms with Crippen molar-refractivity contribution in [2.24, 2.45) is 0 Å². The summed E-state index contributed by atoms with van der Waals surface area (Å²) in [6.07, 6.45) is 7.89. The van der Waals surface area contributed by atoms with E-state index in [0.29, 0.717) is 17.9 Å². The van der Waals surface area contributed by atoms with Crippen LogP contribution >= 0.6 is 0 Å². The van der Waals surface area contributed by atoms with Gasteiger partial charge in [-0.3, -0.25) is 4.90 Å². The first-order valence-electron chi connectivity index (χ1n) is 10.6. The fourth-order valence-corrected chi connectivity index (χ4v) is 5.18. The van der Waals surface area contributed by atoms with Gasteiger partial charge in [0.15, 0.2) is 5.82 Å². The van der Waals surface area contributed by atoms with E-state index in [4.69, 9.17) is 4.52 Å². The number of aromatic nitrogens is 2. The Hall–Kier alpha value is -0.980. The van der Waals surface area contributed by atoms with Crippen molar-refractivity contribution >= 4 is 0 Å². The second-order valence-corrected chi connectivity index (χ2v) is 8.95. The lowest BCUT2D eigenvalue weighted by Crippen LogP contribution is -2.63. The Kier molecular flexibility index (Phi) is 5.35. The van der Waals surface area contributed by atoms with Crippen molar-refractivity contribution in [1.29, 1.82) is 0 Å². The Balaban J connectivity index is 1.34. The third-order valence-corrected chi connectivity index (χ3v) is 6.70. The van der Waals surface area contributed by atoms with Crippen molar-refractivity contribution in [3.63, 3.8) is 0 Å². The monoisotopic (exact) mass is 362 g/mol. The van der Waals surface area contributed by atoms with Crippen molar-refractivity contribution in [2.75, 3.05) is 32.7 Å². The van der Waals surface area contributed by atoms with Crippen LogP contribution in [0.15, 0.2) is 4.52 Å². The molecule has 3 aliphatic heterocycles. The number of likely N-dealkylation sites (tertiary alicyclic amines) is 1. The third kappa shape index (κ3) is 3.69. The molecule has 146 valence electrons. The second-order valence-electron chi connectivity index (χ2n) is 8.95. The highest BCUT2D eigenvalue weighted by atomic mass is 16.5. The summed E-state index contributed by atoms with van der Waals surface area (Å²) in [5.41, 5.74) is -0.527. The van der Waals surface area contributed by atoms with Gasteiger partial charge in [-0.15, -0.1) is 0 Å². The van der Waals surface area contributed by atoms with E-state index in [2.05, 4.69) is 33.8 Å². The molecule has 0 radical (unpaired) electrons. The van der Waals surface area contributed by atoms with E-state index in [-0.39, 0.29) is 0 Å². The predicted octanol–water partition coefficient (Wildman–Crippen LogP) is 2.75. The van der Waals surface area contributed by atoms with Gasteiger partial charge in [-0.25, -0.2) is 0 Å². The zero-order chi connectivity index (χ0) is 18.1. The van der Waals surface area contributed by atoms with E-state index < -0.39 is 5.60 Å². The molecule has 2 atom stereocenters. The van der Waals surface area contributed by atoms with Crippen molar-refractivity contribution in [1.82, 2.24) is 19.9 Å². The molecule has 0 aromatic carbocycles. The number of aliphatic hydroxyl groups is 1. The highest BCUT2D eigenvalue weighted by molar-refractivity contribution is 5.03. The molecule has 6 nitrogen and oxygen atoms in total. The van der Waals surface area contributed by atoms with Gasteiger partial charge in [0, 0.05) is 24.4 Å². The Bertz CT molecular complexity index is 594. The Morgan fingerprint density at radius 2 is 1.88 bits per heavy atom. The van der Waals surface area contributed by atoms with E-state index >= 15 is 0 Å². The molecule has 0 amide bonds. The zero-order valence-electron chi connectivity index (χ0n) is 16.4. The van der Waals surface area contributed by atoms with Crippen molar-refractivity contribution in [3.05, 3.63) is 11.7 Å². The number of piperidine rings is 3. The summed E-state index contributed by atoms with van der Waals surface area (Å²) in [5, 5.41) is 15.6. The molecular formula is C20H34N4O2. The molecule has 4 heterocycles. The third-order valence-electron chi connectivity index (χ3n) is 6.70. The van der Waals surface area contributed by atoms with E-state index in [0.717, 1.165) is 63.5 Å². The maximum Gasteiger partial charge on any atom is 0.229 e. The summed E-state index contributed by atoms with van der Waals surface area (Å²) in [4.78, 5) is 9.60. The molecule has 0 aliphatic carbocycles. The number of hydrogen-bond donors (Lipinski definition) is 1. The standard InChI is InChI=1S/C20H34N4O2/c1-15(2)18-21-19(26-22-18)16-7-12-23(13-8-16)14-20(25)9-5-11-24-10-4-3-6-17(20)24/h15-17,25H,3-14H2,1-2H3/t17-,20-/m1/s1. The molecule has 0 unspecified atom stereocenters. The normalized spacial score (nSPS) is 32.1. The highest BCUT2D eigenvalue weighted by Gasteiger charge is 2.45. The van der Waals surface area contributed by atoms with Gasteiger partial charge in [-0.1, -0.05) is 25.4 Å². The summed E-state index contributed by atoms with van der Waals surface area (Å²) in [6, 6.07) is 0.368. The molecule has 1 aromatic rings. The molecule has 4 rings (SSSR count). The summed E-state index contributed by atoms with van der Waals surface area (Å²) >= 11 is 0. The summed E-state index contributed by atoms with van der Waals surface area (Å²) in [6.45, 7) is 9.38. The van der Waals surface area contributed by atoms with Crippen molar-refractivity contribution in [3.8, 4) is 0 Å². The van der Waals surface area contributed by atoms with Crippen LogP contribution in [0.5, 0.6) is 0 Å². The minimum absolute atomic E-state index is 0.312. The lowest BCUT2D eigenvalue weighted by atomic mass is 9.79. The van der Waals surface area contributed by atoms with Crippen LogP contribution in [0.25, 0.3) is 0 Å². The van der Waals surface area contributed by atoms with E-state index in [1.165, 1.54) is 25.9 Å². The van der Waals surface area contributed by atoms with Gasteiger partial charge in [0.05, 0.1) is 5.60 Å². The SMILES string of the molecule is CC(C)c1noc(C2CCN(C[C@]3(O)CCCN4CCCC[C@@H]43)CC2)n1. The molecule has 3 fully saturated rings. The molecule has 6 heteroatoms. The quantitative estimate of drug-likeness (QED) is 0.888. The Morgan fingerprint density at radius 1 is 1.12 bits per heavy atom. The average Bonchev–Trinajstić information content (AvgIpc) is 3.13. The summed E-state index contributed by atoms with van der Waals surface area (Å²) < 4.78 is 5.51. The fraction of sp³-hybridized carbons (Fsp3) is 0.900. The smallest absolute Gasteiger partial charge is 0.229 e. The first-order chi connectivity index (χ1) is 12.5. The fourth-order valence-electron chi connectivity index (χ4n) is 5.18. The van der Waals surface area contributed by atoms with Gasteiger partial charge in [0.25, 0.3) is 0 Å². The van der Waals surface area contributed by atoms with Gasteiger partial charge in [-0.2, -0.15) is 4.98 Å². The van der Waals surface area contributed by atoms with E-state index in [9.17, 15) is 5.11 Å². The molecule has 1 N–H and O–H groups in total. The van der Waals surface area contributed by atoms with Crippen molar-refractivity contribution < 1.29 is 9.63 Å². The topological polar surface area (TPSA) is 65.6 Å². The summed E-state index contributed by atoms with van der Waals surface area (Å²) in [7, 11) is 0. The van der Waals surface area contributed by atoms with E-state index in [1.54, 1.807) is 0 Å². The lowest BCUT2D eigenvalue weighted by Gasteiger charge is -2.51. The molecule has 0 saturated carbocycles. The highest BCUT2D eigenvalue weighted by Crippen LogP contribution is 2.36. The number of β-amino-alcohol motifs (C(OH)–C–C–N with tert-alkyl or cyclic N) is 1. The first-order valence-corrected chi connectivity index (χ1v) is 10.6. The number of rotatable bonds is 4. The lowest BCUT2D eigenvalue weighted by molar-refractivity contribution is -0.111. The number of fused-ring (bicyclic) bond motifs is 1. The molecule has 3 saturated heterocycles. The van der Waals surface area contributed by atoms with Crippen LogP contribution in [0.4, 0.5) is 0 Å². The van der Waals surface area contributed by atoms with Crippen LogP contribution in [-0.2, 0) is 0 Å². The molecule has 1 aromatic heterocycles. The van der Waals surface area contributed by atoms with Gasteiger partial charge in [-0.05, 0) is 64.7 Å². The Morgan fingerprint density at radius 3 is 2.62 bits per heavy atom. The Labute approximate surface area is 156 Å². The second kappa shape index (κ2) is 7.56. The molecule has 26 heavy (non-hydrogen) atoms. The summed E-state index contributed by atoms with van der Waals surface area (Å²) in [5.74, 6) is 2.31. The molecular weight excluding hydrogens is 328 g/mol. The van der Waals surface area contributed by atoms with Crippen LogP contribution in [0.2, 0.25) is 0 Å². The van der Waals surface area contributed by atoms with E-state index in [1.807, 2.05) is 0 Å². The van der Waals surface area contributed by atoms with Gasteiger partial charge in [0.2, 0.25) is 5.89 Å². The minimum Gasteiger partial charge on any atom is -0.387 e.